The Balaban J connectivity index is 1.76. The number of carbonyl (C=O) groups excluding carboxylic acids is 4. The molecule has 0 spiro atoms. The van der Waals surface area contributed by atoms with Gasteiger partial charge >= 0.3 is 5.97 Å². The fraction of sp³-hybridized carbons (Fsp3) is 0.190. The fourth-order valence-electron chi connectivity index (χ4n) is 3.53. The third-order valence-electron chi connectivity index (χ3n) is 5.04. The lowest BCUT2D eigenvalue weighted by Crippen LogP contribution is -2.42. The molecule has 0 aromatic heterocycles. The first-order valence-corrected chi connectivity index (χ1v) is 9.83. The van der Waals surface area contributed by atoms with Gasteiger partial charge in [0.15, 0.2) is 11.8 Å². The van der Waals surface area contributed by atoms with Crippen molar-refractivity contribution in [1.29, 1.82) is 0 Å². The van der Waals surface area contributed by atoms with E-state index in [1.54, 1.807) is 48.5 Å². The lowest BCUT2D eigenvalue weighted by Gasteiger charge is -2.20. The average Bonchev–Trinajstić information content (AvgIpc) is 3.25. The zero-order chi connectivity index (χ0) is 21.6. The summed E-state index contributed by atoms with van der Waals surface area (Å²) in [6.45, 7) is 1.88. The third kappa shape index (κ3) is 3.11. The van der Waals surface area contributed by atoms with Crippen molar-refractivity contribution in [1.82, 2.24) is 5.01 Å². The molecule has 8 nitrogen and oxygen atoms in total. The highest BCUT2D eigenvalue weighted by molar-refractivity contribution is 9.10. The molecule has 2 atom stereocenters. The minimum Gasteiger partial charge on any atom is -0.464 e. The van der Waals surface area contributed by atoms with Crippen LogP contribution in [0.15, 0.2) is 58.1 Å². The number of esters is 1. The van der Waals surface area contributed by atoms with Gasteiger partial charge in [0.05, 0.1) is 12.8 Å². The SMILES string of the molecule is COC(=O)C1=NN(C(=O)c2ccc(Br)cc2)[C@H]2C(=O)N(c3ccc(C)cc3)C(=O)[C@H]12. The van der Waals surface area contributed by atoms with E-state index in [2.05, 4.69) is 21.0 Å². The minimum atomic E-state index is -1.25. The first-order chi connectivity index (χ1) is 14.3. The Hall–Kier alpha value is -3.33. The van der Waals surface area contributed by atoms with E-state index in [-0.39, 0.29) is 11.3 Å². The number of amides is 3. The maximum absolute atomic E-state index is 13.2. The number of ether oxygens (including phenoxy) is 1. The van der Waals surface area contributed by atoms with Crippen molar-refractivity contribution in [2.24, 2.45) is 11.0 Å². The molecule has 0 aliphatic carbocycles. The lowest BCUT2D eigenvalue weighted by molar-refractivity contribution is -0.133. The van der Waals surface area contributed by atoms with Crippen molar-refractivity contribution < 1.29 is 23.9 Å². The second kappa shape index (κ2) is 7.49. The molecule has 4 rings (SSSR count). The van der Waals surface area contributed by atoms with E-state index in [4.69, 9.17) is 4.74 Å². The maximum Gasteiger partial charge on any atom is 0.355 e. The Labute approximate surface area is 180 Å². The molecule has 1 fully saturated rings. The van der Waals surface area contributed by atoms with Crippen LogP contribution in [0.1, 0.15) is 15.9 Å². The molecule has 0 bridgehead atoms. The van der Waals surface area contributed by atoms with Gasteiger partial charge in [-0.15, -0.1) is 0 Å². The molecule has 0 unspecified atom stereocenters. The van der Waals surface area contributed by atoms with E-state index in [0.29, 0.717) is 5.69 Å². The van der Waals surface area contributed by atoms with Gasteiger partial charge in [0.25, 0.3) is 11.8 Å². The van der Waals surface area contributed by atoms with E-state index >= 15 is 0 Å². The molecule has 2 heterocycles. The number of imide groups is 1. The van der Waals surface area contributed by atoms with E-state index in [9.17, 15) is 19.2 Å². The van der Waals surface area contributed by atoms with E-state index in [1.807, 2.05) is 6.92 Å². The molecule has 30 heavy (non-hydrogen) atoms. The summed E-state index contributed by atoms with van der Waals surface area (Å²) < 4.78 is 5.51. The number of hydrogen-bond donors (Lipinski definition) is 0. The highest BCUT2D eigenvalue weighted by atomic mass is 79.9. The summed E-state index contributed by atoms with van der Waals surface area (Å²) in [6.07, 6.45) is 0. The van der Waals surface area contributed by atoms with Crippen LogP contribution >= 0.6 is 15.9 Å². The summed E-state index contributed by atoms with van der Waals surface area (Å²) in [5.41, 5.74) is 1.33. The second-order valence-electron chi connectivity index (χ2n) is 6.90. The summed E-state index contributed by atoms with van der Waals surface area (Å²) in [4.78, 5) is 52.7. The molecule has 2 aromatic carbocycles. The van der Waals surface area contributed by atoms with Crippen LogP contribution in [0.25, 0.3) is 0 Å². The molecular weight excluding hydrogens is 454 g/mol. The molecule has 2 aliphatic rings. The standard InChI is InChI=1S/C21H16BrN3O5/c1-11-3-9-14(10-4-11)24-19(27)15-16(21(29)30-2)23-25(17(15)20(24)28)18(26)12-5-7-13(22)8-6-12/h3-10,15,17H,1-2H3/t15-,17-/m1/s1. The fourth-order valence-corrected chi connectivity index (χ4v) is 3.79. The van der Waals surface area contributed by atoms with Gasteiger partial charge in [0.2, 0.25) is 5.91 Å². The summed E-state index contributed by atoms with van der Waals surface area (Å²) in [7, 11) is 1.15. The first-order valence-electron chi connectivity index (χ1n) is 9.04. The zero-order valence-corrected chi connectivity index (χ0v) is 17.6. The normalized spacial score (nSPS) is 20.3. The van der Waals surface area contributed by atoms with Gasteiger partial charge in [0.1, 0.15) is 5.92 Å². The van der Waals surface area contributed by atoms with Crippen molar-refractivity contribution in [3.8, 4) is 0 Å². The molecule has 1 saturated heterocycles. The van der Waals surface area contributed by atoms with Crippen LogP contribution in [0.2, 0.25) is 0 Å². The highest BCUT2D eigenvalue weighted by Gasteiger charge is 2.60. The van der Waals surface area contributed by atoms with Gasteiger partial charge in [-0.2, -0.15) is 5.10 Å². The summed E-state index contributed by atoms with van der Waals surface area (Å²) >= 11 is 3.30. The van der Waals surface area contributed by atoms with Gasteiger partial charge in [-0.3, -0.25) is 14.4 Å². The first kappa shape index (κ1) is 20.0. The molecule has 0 saturated carbocycles. The number of nitrogens with zero attached hydrogens (tertiary/aromatic N) is 3. The molecule has 9 heteroatoms. The Morgan fingerprint density at radius 1 is 1.00 bits per heavy atom. The lowest BCUT2D eigenvalue weighted by atomic mass is 9.97. The number of methoxy groups -OCH3 is 1. The van der Waals surface area contributed by atoms with Gasteiger partial charge in [-0.05, 0) is 43.3 Å². The summed E-state index contributed by atoms with van der Waals surface area (Å²) in [5, 5.41) is 4.94. The number of fused-ring (bicyclic) bond motifs is 1. The molecule has 2 aliphatic heterocycles. The van der Waals surface area contributed by atoms with Crippen LogP contribution < -0.4 is 4.90 Å². The Morgan fingerprint density at radius 3 is 2.23 bits per heavy atom. The van der Waals surface area contributed by atoms with Gasteiger partial charge in [-0.1, -0.05) is 33.6 Å². The molecule has 0 N–H and O–H groups in total. The van der Waals surface area contributed by atoms with Crippen LogP contribution in [0.4, 0.5) is 5.69 Å². The topological polar surface area (TPSA) is 96.3 Å². The number of aryl methyl sites for hydroxylation is 1. The predicted octanol–water partition coefficient (Wildman–Crippen LogP) is 2.30. The smallest absolute Gasteiger partial charge is 0.355 e. The molecule has 0 radical (unpaired) electrons. The van der Waals surface area contributed by atoms with Crippen molar-refractivity contribution in [2.75, 3.05) is 12.0 Å². The largest absolute Gasteiger partial charge is 0.464 e. The van der Waals surface area contributed by atoms with Gasteiger partial charge in [-0.25, -0.2) is 14.7 Å². The second-order valence-corrected chi connectivity index (χ2v) is 7.82. The maximum atomic E-state index is 13.2. The number of hydrogen-bond acceptors (Lipinski definition) is 6. The Kier molecular flexibility index (Phi) is 4.98. The zero-order valence-electron chi connectivity index (χ0n) is 16.0. The van der Waals surface area contributed by atoms with Gasteiger partial charge < -0.3 is 4.74 Å². The van der Waals surface area contributed by atoms with Crippen LogP contribution in [0.5, 0.6) is 0 Å². The molecule has 2 aromatic rings. The van der Waals surface area contributed by atoms with Crippen LogP contribution in [0.3, 0.4) is 0 Å². The minimum absolute atomic E-state index is 0.263. The highest BCUT2D eigenvalue weighted by Crippen LogP contribution is 2.36. The van der Waals surface area contributed by atoms with Crippen LogP contribution in [-0.4, -0.2) is 47.6 Å². The molecule has 152 valence electrons. The number of anilines is 1. The predicted molar refractivity (Wildman–Crippen MR) is 111 cm³/mol. The summed E-state index contributed by atoms with van der Waals surface area (Å²) in [6, 6.07) is 12.0. The van der Waals surface area contributed by atoms with Crippen LogP contribution in [0, 0.1) is 12.8 Å². The quantitative estimate of drug-likeness (QED) is 0.507. The number of benzene rings is 2. The molecule has 3 amide bonds. The number of rotatable bonds is 3. The van der Waals surface area contributed by atoms with Crippen LogP contribution in [-0.2, 0) is 19.1 Å². The van der Waals surface area contributed by atoms with Crippen molar-refractivity contribution in [3.05, 3.63) is 64.1 Å². The Bertz CT molecular complexity index is 1090. The number of halogens is 1. The number of hydrazone groups is 1. The van der Waals surface area contributed by atoms with Gasteiger partial charge in [0, 0.05) is 10.0 Å². The van der Waals surface area contributed by atoms with E-state index in [0.717, 1.165) is 27.1 Å². The van der Waals surface area contributed by atoms with E-state index in [1.165, 1.54) is 0 Å². The Morgan fingerprint density at radius 2 is 1.63 bits per heavy atom. The van der Waals surface area contributed by atoms with Crippen molar-refractivity contribution >= 4 is 51.0 Å². The number of carbonyl (C=O) groups is 4. The van der Waals surface area contributed by atoms with Crippen molar-refractivity contribution in [2.45, 2.75) is 13.0 Å². The van der Waals surface area contributed by atoms with Crippen molar-refractivity contribution in [3.63, 3.8) is 0 Å². The monoisotopic (exact) mass is 469 g/mol. The molecular formula is C21H16BrN3O5. The van der Waals surface area contributed by atoms with E-state index < -0.39 is 35.7 Å². The third-order valence-corrected chi connectivity index (χ3v) is 5.56. The summed E-state index contributed by atoms with van der Waals surface area (Å²) in [5.74, 6) is -3.91. The average molecular weight is 470 g/mol.